The number of hydrogen-bond acceptors (Lipinski definition) is 4. The Bertz CT molecular complexity index is 441. The first-order valence-corrected chi connectivity index (χ1v) is 6.43. The van der Waals surface area contributed by atoms with E-state index >= 15 is 0 Å². The molecule has 0 unspecified atom stereocenters. The van der Waals surface area contributed by atoms with Crippen LogP contribution in [-0.4, -0.2) is 22.3 Å². The predicted molar refractivity (Wildman–Crippen MR) is 56.7 cm³/mol. The summed E-state index contributed by atoms with van der Waals surface area (Å²) in [4.78, 5) is -0.0104. The lowest BCUT2D eigenvalue weighted by Crippen LogP contribution is -2.04. The van der Waals surface area contributed by atoms with E-state index < -0.39 is 9.05 Å². The molecule has 0 heterocycles. The van der Waals surface area contributed by atoms with Crippen molar-refractivity contribution >= 4 is 19.7 Å². The third-order valence-corrected chi connectivity index (χ3v) is 3.23. The molecule has 15 heavy (non-hydrogen) atoms. The maximum Gasteiger partial charge on any atom is 0.265 e. The summed E-state index contributed by atoms with van der Waals surface area (Å²) in [6.07, 6.45) is 0. The standard InChI is InChI=1S/C9H11ClO4S/c1-7-4-3-5-8(14-6-13-2)9(7)15(10,11)12/h3-5H,6H2,1-2H3. The highest BCUT2D eigenvalue weighted by atomic mass is 35.7. The van der Waals surface area contributed by atoms with Gasteiger partial charge in [0.2, 0.25) is 0 Å². The van der Waals surface area contributed by atoms with Gasteiger partial charge >= 0.3 is 0 Å². The van der Waals surface area contributed by atoms with Gasteiger partial charge in [-0.05, 0) is 18.6 Å². The summed E-state index contributed by atoms with van der Waals surface area (Å²) in [7, 11) is 2.95. The first kappa shape index (κ1) is 12.3. The summed E-state index contributed by atoms with van der Waals surface area (Å²) in [6.45, 7) is 1.62. The zero-order valence-corrected chi connectivity index (χ0v) is 9.93. The van der Waals surface area contributed by atoms with Crippen molar-refractivity contribution in [2.45, 2.75) is 11.8 Å². The highest BCUT2D eigenvalue weighted by Crippen LogP contribution is 2.29. The Labute approximate surface area is 93.2 Å². The van der Waals surface area contributed by atoms with Crippen molar-refractivity contribution in [3.63, 3.8) is 0 Å². The largest absolute Gasteiger partial charge is 0.466 e. The van der Waals surface area contributed by atoms with E-state index in [1.54, 1.807) is 19.1 Å². The second-order valence-electron chi connectivity index (χ2n) is 2.89. The summed E-state index contributed by atoms with van der Waals surface area (Å²) in [5, 5.41) is 0. The Morgan fingerprint density at radius 2 is 2.07 bits per heavy atom. The molecule has 0 aliphatic carbocycles. The van der Waals surface area contributed by atoms with Gasteiger partial charge in [-0.3, -0.25) is 0 Å². The van der Waals surface area contributed by atoms with Gasteiger partial charge in [-0.15, -0.1) is 0 Å². The quantitative estimate of drug-likeness (QED) is 0.605. The maximum atomic E-state index is 11.3. The average Bonchev–Trinajstić information content (AvgIpc) is 2.12. The SMILES string of the molecule is COCOc1cccc(C)c1S(=O)(=O)Cl. The summed E-state index contributed by atoms with van der Waals surface area (Å²) < 4.78 is 32.4. The Hall–Kier alpha value is -0.780. The normalized spacial score (nSPS) is 11.4. The number of ether oxygens (including phenoxy) is 2. The third kappa shape index (κ3) is 3.09. The second kappa shape index (κ2) is 4.83. The van der Waals surface area contributed by atoms with Gasteiger partial charge in [-0.1, -0.05) is 12.1 Å². The smallest absolute Gasteiger partial charge is 0.265 e. The minimum absolute atomic E-state index is 0.0104. The molecule has 0 bridgehead atoms. The van der Waals surface area contributed by atoms with Crippen LogP contribution in [0.4, 0.5) is 0 Å². The molecule has 0 fully saturated rings. The van der Waals surface area contributed by atoms with Crippen LogP contribution in [0, 0.1) is 6.92 Å². The summed E-state index contributed by atoms with van der Waals surface area (Å²) in [5.74, 6) is 0.201. The average molecular weight is 251 g/mol. The van der Waals surface area contributed by atoms with Gasteiger partial charge in [-0.2, -0.15) is 0 Å². The topological polar surface area (TPSA) is 52.6 Å². The van der Waals surface area contributed by atoms with Crippen LogP contribution in [0.3, 0.4) is 0 Å². The third-order valence-electron chi connectivity index (χ3n) is 1.75. The highest BCUT2D eigenvalue weighted by Gasteiger charge is 2.19. The fourth-order valence-electron chi connectivity index (χ4n) is 1.17. The number of benzene rings is 1. The lowest BCUT2D eigenvalue weighted by atomic mass is 10.2. The molecule has 1 rings (SSSR count). The number of aryl methyl sites for hydroxylation is 1. The van der Waals surface area contributed by atoms with Crippen molar-refractivity contribution in [3.8, 4) is 5.75 Å². The van der Waals surface area contributed by atoms with Gasteiger partial charge in [0.25, 0.3) is 9.05 Å². The van der Waals surface area contributed by atoms with E-state index in [-0.39, 0.29) is 17.4 Å². The van der Waals surface area contributed by atoms with Gasteiger partial charge in [0.1, 0.15) is 10.6 Å². The van der Waals surface area contributed by atoms with Gasteiger partial charge in [0.15, 0.2) is 6.79 Å². The minimum atomic E-state index is -3.80. The van der Waals surface area contributed by atoms with Crippen LogP contribution >= 0.6 is 10.7 Å². The zero-order chi connectivity index (χ0) is 11.5. The summed E-state index contributed by atoms with van der Waals surface area (Å²) >= 11 is 0. The molecule has 0 aromatic heterocycles. The van der Waals surface area contributed by atoms with E-state index in [1.807, 2.05) is 0 Å². The number of rotatable bonds is 4. The van der Waals surface area contributed by atoms with Crippen LogP contribution in [0.1, 0.15) is 5.56 Å². The van der Waals surface area contributed by atoms with Crippen LogP contribution in [-0.2, 0) is 13.8 Å². The molecular weight excluding hydrogens is 240 g/mol. The monoisotopic (exact) mass is 250 g/mol. The molecule has 1 aromatic carbocycles. The highest BCUT2D eigenvalue weighted by molar-refractivity contribution is 8.13. The Balaban J connectivity index is 3.21. The Kier molecular flexibility index (Phi) is 3.96. The van der Waals surface area contributed by atoms with Crippen LogP contribution in [0.15, 0.2) is 23.1 Å². The van der Waals surface area contributed by atoms with Crippen LogP contribution in [0.25, 0.3) is 0 Å². The lowest BCUT2D eigenvalue weighted by Gasteiger charge is -2.10. The minimum Gasteiger partial charge on any atom is -0.466 e. The fourth-order valence-corrected chi connectivity index (χ4v) is 2.59. The maximum absolute atomic E-state index is 11.3. The van der Waals surface area contributed by atoms with E-state index in [4.69, 9.17) is 20.2 Å². The first-order valence-electron chi connectivity index (χ1n) is 4.13. The van der Waals surface area contributed by atoms with E-state index in [1.165, 1.54) is 13.2 Å². The van der Waals surface area contributed by atoms with Gasteiger partial charge in [0.05, 0.1) is 0 Å². The molecule has 6 heteroatoms. The molecule has 0 aliphatic heterocycles. The Morgan fingerprint density at radius 1 is 1.40 bits per heavy atom. The molecular formula is C9H11ClO4S. The van der Waals surface area contributed by atoms with Crippen molar-refractivity contribution in [3.05, 3.63) is 23.8 Å². The van der Waals surface area contributed by atoms with E-state index in [9.17, 15) is 8.42 Å². The van der Waals surface area contributed by atoms with E-state index in [0.717, 1.165) is 0 Å². The van der Waals surface area contributed by atoms with Gasteiger partial charge in [-0.25, -0.2) is 8.42 Å². The Morgan fingerprint density at radius 3 is 2.60 bits per heavy atom. The molecule has 1 aromatic rings. The van der Waals surface area contributed by atoms with Crippen molar-refractivity contribution < 1.29 is 17.9 Å². The van der Waals surface area contributed by atoms with Crippen LogP contribution in [0.5, 0.6) is 5.75 Å². The van der Waals surface area contributed by atoms with E-state index in [2.05, 4.69) is 0 Å². The molecule has 0 N–H and O–H groups in total. The van der Waals surface area contributed by atoms with Crippen molar-refractivity contribution in [1.82, 2.24) is 0 Å². The van der Waals surface area contributed by atoms with Crippen LogP contribution < -0.4 is 4.74 Å². The molecule has 0 aliphatic rings. The molecule has 0 atom stereocenters. The van der Waals surface area contributed by atoms with Gasteiger partial charge in [0, 0.05) is 17.8 Å². The number of hydrogen-bond donors (Lipinski definition) is 0. The fraction of sp³-hybridized carbons (Fsp3) is 0.333. The van der Waals surface area contributed by atoms with Crippen molar-refractivity contribution in [2.75, 3.05) is 13.9 Å². The van der Waals surface area contributed by atoms with Gasteiger partial charge < -0.3 is 9.47 Å². The lowest BCUT2D eigenvalue weighted by molar-refractivity contribution is 0.0490. The predicted octanol–water partition coefficient (Wildman–Crippen LogP) is 1.91. The molecule has 0 saturated heterocycles. The zero-order valence-electron chi connectivity index (χ0n) is 8.36. The summed E-state index contributed by atoms with van der Waals surface area (Å²) in [5.41, 5.74) is 0.540. The van der Waals surface area contributed by atoms with Crippen LogP contribution in [0.2, 0.25) is 0 Å². The first-order chi connectivity index (χ1) is 6.96. The number of methoxy groups -OCH3 is 1. The molecule has 4 nitrogen and oxygen atoms in total. The molecule has 0 amide bonds. The summed E-state index contributed by atoms with van der Waals surface area (Å²) in [6, 6.07) is 4.86. The second-order valence-corrected chi connectivity index (χ2v) is 5.39. The molecule has 0 radical (unpaired) electrons. The molecule has 0 spiro atoms. The molecule has 0 saturated carbocycles. The van der Waals surface area contributed by atoms with E-state index in [0.29, 0.717) is 5.56 Å². The van der Waals surface area contributed by atoms with Crippen molar-refractivity contribution in [2.24, 2.45) is 0 Å². The number of halogens is 1. The van der Waals surface area contributed by atoms with Crippen molar-refractivity contribution in [1.29, 1.82) is 0 Å². The molecule has 84 valence electrons.